The Hall–Kier alpha value is -1.59. The monoisotopic (exact) mass is 252 g/mol. The first-order valence-corrected chi connectivity index (χ1v) is 5.88. The fourth-order valence-corrected chi connectivity index (χ4v) is 1.70. The third kappa shape index (κ3) is 3.21. The summed E-state index contributed by atoms with van der Waals surface area (Å²) in [5.41, 5.74) is 6.51. The van der Waals surface area contributed by atoms with Gasteiger partial charge in [-0.15, -0.1) is 0 Å². The van der Waals surface area contributed by atoms with Crippen LogP contribution in [0, 0.1) is 6.92 Å². The Morgan fingerprint density at radius 1 is 1.33 bits per heavy atom. The minimum atomic E-state index is -0.990. The van der Waals surface area contributed by atoms with Gasteiger partial charge in [-0.2, -0.15) is 0 Å². The number of nitrogen functional groups attached to an aromatic ring is 1. The van der Waals surface area contributed by atoms with E-state index in [9.17, 15) is 15.0 Å². The molecule has 1 amide bonds. The zero-order chi connectivity index (χ0) is 13.8. The minimum absolute atomic E-state index is 0.312. The average molecular weight is 252 g/mol. The lowest BCUT2D eigenvalue weighted by Gasteiger charge is -2.29. The lowest BCUT2D eigenvalue weighted by Crippen LogP contribution is -2.53. The third-order valence-electron chi connectivity index (χ3n) is 3.02. The third-order valence-corrected chi connectivity index (χ3v) is 3.02. The number of anilines is 1. The second-order valence-electron chi connectivity index (χ2n) is 4.54. The Balaban J connectivity index is 2.94. The van der Waals surface area contributed by atoms with E-state index in [4.69, 9.17) is 5.73 Å². The van der Waals surface area contributed by atoms with Crippen molar-refractivity contribution in [3.8, 4) is 0 Å². The molecule has 0 aliphatic rings. The molecule has 0 bridgehead atoms. The molecule has 0 saturated carbocycles. The van der Waals surface area contributed by atoms with Gasteiger partial charge < -0.3 is 21.3 Å². The summed E-state index contributed by atoms with van der Waals surface area (Å²) in [4.78, 5) is 12.1. The van der Waals surface area contributed by atoms with Crippen molar-refractivity contribution in [3.63, 3.8) is 0 Å². The Morgan fingerprint density at radius 2 is 1.94 bits per heavy atom. The Labute approximate surface area is 107 Å². The van der Waals surface area contributed by atoms with Gasteiger partial charge in [0, 0.05) is 11.3 Å². The molecule has 1 aromatic carbocycles. The first kappa shape index (κ1) is 14.5. The quantitative estimate of drug-likeness (QED) is 0.572. The number of carbonyl (C=O) groups excluding carboxylic acids is 1. The van der Waals surface area contributed by atoms with E-state index in [1.54, 1.807) is 25.1 Å². The fourth-order valence-electron chi connectivity index (χ4n) is 1.70. The molecule has 0 radical (unpaired) electrons. The topological polar surface area (TPSA) is 95.6 Å². The zero-order valence-electron chi connectivity index (χ0n) is 10.7. The molecule has 0 aromatic heterocycles. The summed E-state index contributed by atoms with van der Waals surface area (Å²) in [7, 11) is 0. The van der Waals surface area contributed by atoms with Gasteiger partial charge in [0.1, 0.15) is 0 Å². The number of aryl methyl sites for hydroxylation is 1. The van der Waals surface area contributed by atoms with Crippen molar-refractivity contribution in [2.24, 2.45) is 0 Å². The van der Waals surface area contributed by atoms with E-state index in [2.05, 4.69) is 5.32 Å². The summed E-state index contributed by atoms with van der Waals surface area (Å²) in [6.45, 7) is 3.01. The number of rotatable bonds is 5. The fraction of sp³-hybridized carbons (Fsp3) is 0.462. The van der Waals surface area contributed by atoms with Crippen molar-refractivity contribution >= 4 is 11.6 Å². The average Bonchev–Trinajstić information content (AvgIpc) is 2.35. The van der Waals surface area contributed by atoms with Crippen LogP contribution in [0.25, 0.3) is 0 Å². The van der Waals surface area contributed by atoms with Gasteiger partial charge in [0.05, 0.1) is 18.8 Å². The van der Waals surface area contributed by atoms with Gasteiger partial charge >= 0.3 is 0 Å². The molecule has 5 N–H and O–H groups in total. The molecule has 0 unspecified atom stereocenters. The molecule has 0 aliphatic carbocycles. The van der Waals surface area contributed by atoms with Gasteiger partial charge in [0.25, 0.3) is 5.91 Å². The van der Waals surface area contributed by atoms with Crippen LogP contribution in [-0.2, 0) is 0 Å². The largest absolute Gasteiger partial charge is 0.399 e. The number of aliphatic hydroxyl groups excluding tert-OH is 2. The number of nitrogens with two attached hydrogens (primary N) is 1. The van der Waals surface area contributed by atoms with Gasteiger partial charge in [-0.1, -0.05) is 6.92 Å². The van der Waals surface area contributed by atoms with Crippen LogP contribution in [0.5, 0.6) is 0 Å². The predicted octanol–water partition coefficient (Wildman–Crippen LogP) is 0.440. The summed E-state index contributed by atoms with van der Waals surface area (Å²) in [6, 6.07) is 5.04. The Kier molecular flexibility index (Phi) is 4.69. The standard InChI is InChI=1S/C13H20N2O3/c1-3-13(7-16,8-17)15-12(18)10-4-9(2)5-11(14)6-10/h4-6,16-17H,3,7-8,14H2,1-2H3,(H,15,18). The first-order chi connectivity index (χ1) is 8.46. The van der Waals surface area contributed by atoms with E-state index in [1.165, 1.54) is 0 Å². The normalized spacial score (nSPS) is 11.3. The number of hydrogen-bond donors (Lipinski definition) is 4. The van der Waals surface area contributed by atoms with Crippen molar-refractivity contribution in [2.75, 3.05) is 18.9 Å². The molecule has 0 aliphatic heterocycles. The summed E-state index contributed by atoms with van der Waals surface area (Å²) in [5, 5.41) is 21.2. The Morgan fingerprint density at radius 3 is 2.39 bits per heavy atom. The number of hydrogen-bond acceptors (Lipinski definition) is 4. The number of amides is 1. The number of carbonyl (C=O) groups is 1. The smallest absolute Gasteiger partial charge is 0.251 e. The maximum absolute atomic E-state index is 12.1. The molecule has 0 fully saturated rings. The molecule has 1 rings (SSSR count). The van der Waals surface area contributed by atoms with Crippen LogP contribution in [0.1, 0.15) is 29.3 Å². The molecule has 0 atom stereocenters. The lowest BCUT2D eigenvalue weighted by atomic mass is 9.97. The number of aliphatic hydroxyl groups is 2. The highest BCUT2D eigenvalue weighted by molar-refractivity contribution is 5.95. The van der Waals surface area contributed by atoms with Crippen LogP contribution in [0.4, 0.5) is 5.69 Å². The molecule has 5 nitrogen and oxygen atoms in total. The van der Waals surface area contributed by atoms with E-state index < -0.39 is 5.54 Å². The molecule has 0 saturated heterocycles. The molecule has 100 valence electrons. The van der Waals surface area contributed by atoms with E-state index in [0.29, 0.717) is 17.7 Å². The highest BCUT2D eigenvalue weighted by atomic mass is 16.3. The predicted molar refractivity (Wildman–Crippen MR) is 70.3 cm³/mol. The Bertz CT molecular complexity index is 400. The van der Waals surface area contributed by atoms with E-state index in [-0.39, 0.29) is 19.1 Å². The van der Waals surface area contributed by atoms with E-state index in [1.807, 2.05) is 6.92 Å². The molecule has 5 heteroatoms. The van der Waals surface area contributed by atoms with Crippen LogP contribution in [0.3, 0.4) is 0 Å². The number of nitrogens with one attached hydrogen (secondary N) is 1. The highest BCUT2D eigenvalue weighted by Crippen LogP contribution is 2.14. The summed E-state index contributed by atoms with van der Waals surface area (Å²) >= 11 is 0. The maximum atomic E-state index is 12.1. The van der Waals surface area contributed by atoms with Crippen molar-refractivity contribution in [1.29, 1.82) is 0 Å². The van der Waals surface area contributed by atoms with E-state index in [0.717, 1.165) is 5.56 Å². The van der Waals surface area contributed by atoms with Gasteiger partial charge in [0.15, 0.2) is 0 Å². The van der Waals surface area contributed by atoms with Crippen LogP contribution >= 0.6 is 0 Å². The summed E-state index contributed by atoms with van der Waals surface area (Å²) in [5.74, 6) is -0.352. The van der Waals surface area contributed by atoms with Crippen molar-refractivity contribution in [3.05, 3.63) is 29.3 Å². The molecule has 1 aromatic rings. The minimum Gasteiger partial charge on any atom is -0.399 e. The van der Waals surface area contributed by atoms with E-state index >= 15 is 0 Å². The van der Waals surface area contributed by atoms with Gasteiger partial charge in [-0.05, 0) is 37.1 Å². The molecule has 18 heavy (non-hydrogen) atoms. The zero-order valence-corrected chi connectivity index (χ0v) is 10.7. The summed E-state index contributed by atoms with van der Waals surface area (Å²) < 4.78 is 0. The van der Waals surface area contributed by atoms with Gasteiger partial charge in [0.2, 0.25) is 0 Å². The highest BCUT2D eigenvalue weighted by Gasteiger charge is 2.28. The van der Waals surface area contributed by atoms with Crippen molar-refractivity contribution < 1.29 is 15.0 Å². The molecular formula is C13H20N2O3. The number of benzene rings is 1. The van der Waals surface area contributed by atoms with Crippen molar-refractivity contribution in [2.45, 2.75) is 25.8 Å². The van der Waals surface area contributed by atoms with Crippen LogP contribution in [-0.4, -0.2) is 34.9 Å². The van der Waals surface area contributed by atoms with Crippen molar-refractivity contribution in [1.82, 2.24) is 5.32 Å². The maximum Gasteiger partial charge on any atom is 0.251 e. The molecule has 0 spiro atoms. The molecular weight excluding hydrogens is 232 g/mol. The van der Waals surface area contributed by atoms with Crippen LogP contribution < -0.4 is 11.1 Å². The van der Waals surface area contributed by atoms with Gasteiger partial charge in [-0.25, -0.2) is 0 Å². The lowest BCUT2D eigenvalue weighted by molar-refractivity contribution is 0.0653. The second kappa shape index (κ2) is 5.84. The van der Waals surface area contributed by atoms with Gasteiger partial charge in [-0.3, -0.25) is 4.79 Å². The van der Waals surface area contributed by atoms with Crippen LogP contribution in [0.2, 0.25) is 0 Å². The SMILES string of the molecule is CCC(CO)(CO)NC(=O)c1cc(C)cc(N)c1. The molecule has 0 heterocycles. The van der Waals surface area contributed by atoms with Crippen LogP contribution in [0.15, 0.2) is 18.2 Å². The summed E-state index contributed by atoms with van der Waals surface area (Å²) in [6.07, 6.45) is 0.438. The second-order valence-corrected chi connectivity index (χ2v) is 4.54. The first-order valence-electron chi connectivity index (χ1n) is 5.88.